The summed E-state index contributed by atoms with van der Waals surface area (Å²) in [4.78, 5) is 23.0. The Hall–Kier alpha value is -2.82. The number of rotatable bonds is 3. The van der Waals surface area contributed by atoms with Crippen LogP contribution >= 0.6 is 0 Å². The van der Waals surface area contributed by atoms with Crippen molar-refractivity contribution in [3.8, 4) is 11.1 Å². The molecule has 0 saturated heterocycles. The number of nitrogen functional groups attached to an aromatic ring is 1. The van der Waals surface area contributed by atoms with Crippen molar-refractivity contribution in [3.05, 3.63) is 53.6 Å². The van der Waals surface area contributed by atoms with E-state index >= 15 is 0 Å². The molecule has 0 radical (unpaired) electrons. The largest absolute Gasteiger partial charge is 0.465 e. The lowest BCUT2D eigenvalue weighted by Gasteiger charge is -2.08. The summed E-state index contributed by atoms with van der Waals surface area (Å²) in [5.41, 5.74) is 8.56. The fourth-order valence-corrected chi connectivity index (χ4v) is 1.94. The van der Waals surface area contributed by atoms with Gasteiger partial charge in [-0.2, -0.15) is 0 Å². The first-order valence-corrected chi connectivity index (χ1v) is 6.23. The predicted octanol–water partition coefficient (Wildman–Crippen LogP) is 2.51. The Morgan fingerprint density at radius 1 is 0.857 bits per heavy atom. The summed E-state index contributed by atoms with van der Waals surface area (Å²) in [6, 6.07) is 12.0. The third kappa shape index (κ3) is 3.02. The molecule has 2 rings (SSSR count). The normalized spacial score (nSPS) is 10.0. The van der Waals surface area contributed by atoms with Gasteiger partial charge >= 0.3 is 11.9 Å². The first kappa shape index (κ1) is 14.6. The lowest BCUT2D eigenvalue weighted by Crippen LogP contribution is -2.05. The summed E-state index contributed by atoms with van der Waals surface area (Å²) in [6.07, 6.45) is 0. The number of nitrogens with two attached hydrogens (primary N) is 1. The van der Waals surface area contributed by atoms with Crippen LogP contribution in [-0.2, 0) is 9.47 Å². The lowest BCUT2D eigenvalue weighted by atomic mass is 10.0. The predicted molar refractivity (Wildman–Crippen MR) is 79.0 cm³/mol. The summed E-state index contributed by atoms with van der Waals surface area (Å²) in [7, 11) is 2.64. The van der Waals surface area contributed by atoms with Crippen LogP contribution in [0.25, 0.3) is 11.1 Å². The molecule has 0 aromatic heterocycles. The maximum atomic E-state index is 11.6. The summed E-state index contributed by atoms with van der Waals surface area (Å²) < 4.78 is 9.34. The summed E-state index contributed by atoms with van der Waals surface area (Å²) in [5, 5.41) is 0. The average Bonchev–Trinajstić information content (AvgIpc) is 2.54. The van der Waals surface area contributed by atoms with Gasteiger partial charge in [0.05, 0.1) is 25.3 Å². The van der Waals surface area contributed by atoms with Crippen LogP contribution in [0, 0.1) is 0 Å². The number of hydrogen-bond acceptors (Lipinski definition) is 5. The van der Waals surface area contributed by atoms with E-state index in [1.807, 2.05) is 0 Å². The smallest absolute Gasteiger partial charge is 0.339 e. The van der Waals surface area contributed by atoms with Gasteiger partial charge < -0.3 is 15.2 Å². The van der Waals surface area contributed by atoms with E-state index in [2.05, 4.69) is 4.74 Å². The van der Waals surface area contributed by atoms with Crippen LogP contribution < -0.4 is 5.73 Å². The fourth-order valence-electron chi connectivity index (χ4n) is 1.94. The van der Waals surface area contributed by atoms with E-state index in [4.69, 9.17) is 10.5 Å². The van der Waals surface area contributed by atoms with E-state index < -0.39 is 11.9 Å². The maximum Gasteiger partial charge on any atom is 0.339 e. The van der Waals surface area contributed by atoms with Gasteiger partial charge in [0.2, 0.25) is 0 Å². The minimum absolute atomic E-state index is 0.312. The molecule has 0 spiro atoms. The Labute approximate surface area is 122 Å². The van der Waals surface area contributed by atoms with Crippen molar-refractivity contribution < 1.29 is 19.1 Å². The molecular weight excluding hydrogens is 270 g/mol. The number of carbonyl (C=O) groups is 2. The molecule has 21 heavy (non-hydrogen) atoms. The second-order valence-electron chi connectivity index (χ2n) is 4.36. The number of ether oxygens (including phenoxy) is 2. The van der Waals surface area contributed by atoms with Crippen molar-refractivity contribution in [1.29, 1.82) is 0 Å². The van der Waals surface area contributed by atoms with Crippen molar-refractivity contribution in [3.63, 3.8) is 0 Å². The van der Waals surface area contributed by atoms with Crippen LogP contribution in [0.2, 0.25) is 0 Å². The van der Waals surface area contributed by atoms with E-state index in [1.54, 1.807) is 42.5 Å². The third-order valence-corrected chi connectivity index (χ3v) is 3.10. The number of carbonyl (C=O) groups excluding carboxylic acids is 2. The molecule has 0 aliphatic heterocycles. The van der Waals surface area contributed by atoms with E-state index in [0.29, 0.717) is 16.8 Å². The SMILES string of the molecule is COC(=O)c1ccc(-c2ccc(N)c(C(=O)OC)c2)cc1. The molecule has 0 amide bonds. The highest BCUT2D eigenvalue weighted by molar-refractivity contribution is 5.96. The quantitative estimate of drug-likeness (QED) is 0.692. The van der Waals surface area contributed by atoms with E-state index in [9.17, 15) is 9.59 Å². The molecule has 0 heterocycles. The monoisotopic (exact) mass is 285 g/mol. The zero-order valence-corrected chi connectivity index (χ0v) is 11.8. The van der Waals surface area contributed by atoms with Crippen LogP contribution in [0.4, 0.5) is 5.69 Å². The van der Waals surface area contributed by atoms with Gasteiger partial charge in [-0.1, -0.05) is 18.2 Å². The van der Waals surface area contributed by atoms with E-state index in [1.165, 1.54) is 14.2 Å². The Balaban J connectivity index is 2.38. The van der Waals surface area contributed by atoms with Gasteiger partial charge in [-0.25, -0.2) is 9.59 Å². The standard InChI is InChI=1S/C16H15NO4/c1-20-15(18)11-5-3-10(4-6-11)12-7-8-14(17)13(9-12)16(19)21-2/h3-9H,17H2,1-2H3. The molecule has 5 nitrogen and oxygen atoms in total. The minimum Gasteiger partial charge on any atom is -0.465 e. The molecule has 0 aliphatic rings. The molecule has 2 N–H and O–H groups in total. The fraction of sp³-hybridized carbons (Fsp3) is 0.125. The van der Waals surface area contributed by atoms with Crippen molar-refractivity contribution in [2.75, 3.05) is 20.0 Å². The molecule has 2 aromatic rings. The van der Waals surface area contributed by atoms with Crippen molar-refractivity contribution >= 4 is 17.6 Å². The molecule has 0 saturated carbocycles. The molecule has 0 bridgehead atoms. The Morgan fingerprint density at radius 2 is 1.43 bits per heavy atom. The molecule has 2 aromatic carbocycles. The number of methoxy groups -OCH3 is 2. The maximum absolute atomic E-state index is 11.6. The number of anilines is 1. The average molecular weight is 285 g/mol. The van der Waals surface area contributed by atoms with Crippen LogP contribution in [0.15, 0.2) is 42.5 Å². The second kappa shape index (κ2) is 6.09. The van der Waals surface area contributed by atoms with Gasteiger partial charge in [0.15, 0.2) is 0 Å². The zero-order valence-electron chi connectivity index (χ0n) is 11.8. The van der Waals surface area contributed by atoms with Crippen molar-refractivity contribution in [2.45, 2.75) is 0 Å². The molecule has 0 fully saturated rings. The van der Waals surface area contributed by atoms with E-state index in [0.717, 1.165) is 11.1 Å². The molecule has 108 valence electrons. The highest BCUT2D eigenvalue weighted by Gasteiger charge is 2.12. The Morgan fingerprint density at radius 3 is 2.00 bits per heavy atom. The summed E-state index contributed by atoms with van der Waals surface area (Å²) in [6.45, 7) is 0. The molecule has 0 unspecified atom stereocenters. The van der Waals surface area contributed by atoms with Crippen molar-refractivity contribution in [2.24, 2.45) is 0 Å². The topological polar surface area (TPSA) is 78.6 Å². The Bertz CT molecular complexity index is 677. The van der Waals surface area contributed by atoms with Gasteiger partial charge in [-0.3, -0.25) is 0 Å². The first-order chi connectivity index (χ1) is 10.1. The number of benzene rings is 2. The van der Waals surface area contributed by atoms with Crippen molar-refractivity contribution in [1.82, 2.24) is 0 Å². The molecule has 5 heteroatoms. The van der Waals surface area contributed by atoms with Gasteiger partial charge in [0.1, 0.15) is 0 Å². The molecule has 0 atom stereocenters. The summed E-state index contributed by atoms with van der Waals surface area (Å²) >= 11 is 0. The first-order valence-electron chi connectivity index (χ1n) is 6.23. The number of esters is 2. The van der Waals surface area contributed by atoms with Gasteiger partial charge in [0, 0.05) is 5.69 Å². The summed E-state index contributed by atoms with van der Waals surface area (Å²) in [5.74, 6) is -0.880. The van der Waals surface area contributed by atoms with Gasteiger partial charge in [-0.15, -0.1) is 0 Å². The minimum atomic E-state index is -0.486. The highest BCUT2D eigenvalue weighted by Crippen LogP contribution is 2.24. The highest BCUT2D eigenvalue weighted by atomic mass is 16.5. The number of hydrogen-bond donors (Lipinski definition) is 1. The third-order valence-electron chi connectivity index (χ3n) is 3.10. The Kier molecular flexibility index (Phi) is 4.23. The van der Waals surface area contributed by atoms with Crippen LogP contribution in [0.5, 0.6) is 0 Å². The van der Waals surface area contributed by atoms with Gasteiger partial charge in [-0.05, 0) is 35.4 Å². The van der Waals surface area contributed by atoms with Gasteiger partial charge in [0.25, 0.3) is 0 Å². The second-order valence-corrected chi connectivity index (χ2v) is 4.36. The van der Waals surface area contributed by atoms with Crippen LogP contribution in [-0.4, -0.2) is 26.2 Å². The lowest BCUT2D eigenvalue weighted by molar-refractivity contribution is 0.0592. The van der Waals surface area contributed by atoms with Crippen LogP contribution in [0.3, 0.4) is 0 Å². The zero-order chi connectivity index (χ0) is 15.4. The van der Waals surface area contributed by atoms with E-state index in [-0.39, 0.29) is 0 Å². The van der Waals surface area contributed by atoms with Crippen LogP contribution in [0.1, 0.15) is 20.7 Å². The molecular formula is C16H15NO4. The molecule has 0 aliphatic carbocycles.